The van der Waals surface area contributed by atoms with Gasteiger partial charge in [-0.15, -0.1) is 0 Å². The van der Waals surface area contributed by atoms with E-state index in [0.29, 0.717) is 11.8 Å². The normalized spacial score (nSPS) is 16.9. The number of nitrogens with zero attached hydrogens (tertiary/aromatic N) is 5. The molecule has 2 rings (SSSR count). The van der Waals surface area contributed by atoms with Gasteiger partial charge in [0.2, 0.25) is 5.95 Å². The fraction of sp³-hybridized carbons (Fsp3) is 0.762. The van der Waals surface area contributed by atoms with Crippen LogP contribution in [-0.2, 0) is 0 Å². The Kier molecular flexibility index (Phi) is 10.7. The van der Waals surface area contributed by atoms with Crippen LogP contribution < -0.4 is 15.5 Å². The number of aliphatic imine (C=N–C) groups is 1. The van der Waals surface area contributed by atoms with Crippen molar-refractivity contribution in [3.05, 3.63) is 18.5 Å². The van der Waals surface area contributed by atoms with Gasteiger partial charge in [0.25, 0.3) is 0 Å². The number of aromatic nitrogens is 2. The number of piperazine rings is 1. The van der Waals surface area contributed by atoms with Gasteiger partial charge in [0.15, 0.2) is 5.96 Å². The second-order valence-corrected chi connectivity index (χ2v) is 8.03. The molecule has 0 spiro atoms. The first-order chi connectivity index (χ1) is 14.1. The van der Waals surface area contributed by atoms with E-state index in [9.17, 15) is 5.11 Å². The highest BCUT2D eigenvalue weighted by atomic mass is 16.3. The van der Waals surface area contributed by atoms with Gasteiger partial charge in [0.1, 0.15) is 0 Å². The molecular weight excluding hydrogens is 366 g/mol. The molecule has 164 valence electrons. The molecule has 2 heterocycles. The molecule has 0 saturated carbocycles. The summed E-state index contributed by atoms with van der Waals surface area (Å²) in [6.45, 7) is 14.1. The summed E-state index contributed by atoms with van der Waals surface area (Å²) in [5, 5.41) is 16.1. The van der Waals surface area contributed by atoms with Crippen molar-refractivity contribution in [2.75, 3.05) is 63.9 Å². The lowest BCUT2D eigenvalue weighted by Gasteiger charge is -2.34. The van der Waals surface area contributed by atoms with Crippen molar-refractivity contribution in [1.82, 2.24) is 25.5 Å². The molecule has 3 N–H and O–H groups in total. The minimum Gasteiger partial charge on any atom is -0.396 e. The Morgan fingerprint density at radius 3 is 2.52 bits per heavy atom. The third kappa shape index (κ3) is 8.95. The van der Waals surface area contributed by atoms with Crippen molar-refractivity contribution < 1.29 is 5.11 Å². The largest absolute Gasteiger partial charge is 0.396 e. The number of hydrogen-bond donors (Lipinski definition) is 3. The van der Waals surface area contributed by atoms with Crippen LogP contribution in [0.25, 0.3) is 0 Å². The molecule has 0 amide bonds. The summed E-state index contributed by atoms with van der Waals surface area (Å²) in [4.78, 5) is 18.1. The number of nitrogens with one attached hydrogen (secondary N) is 2. The second kappa shape index (κ2) is 13.3. The maximum absolute atomic E-state index is 9.30. The lowest BCUT2D eigenvalue weighted by molar-refractivity contribution is 0.245. The van der Waals surface area contributed by atoms with Crippen LogP contribution in [0.1, 0.15) is 33.6 Å². The van der Waals surface area contributed by atoms with E-state index in [0.717, 1.165) is 77.1 Å². The van der Waals surface area contributed by atoms with Crippen molar-refractivity contribution >= 4 is 11.9 Å². The zero-order valence-corrected chi connectivity index (χ0v) is 18.3. The predicted molar refractivity (Wildman–Crippen MR) is 119 cm³/mol. The quantitative estimate of drug-likeness (QED) is 0.376. The highest BCUT2D eigenvalue weighted by Gasteiger charge is 2.18. The van der Waals surface area contributed by atoms with Gasteiger partial charge in [0.05, 0.1) is 0 Å². The van der Waals surface area contributed by atoms with E-state index in [4.69, 9.17) is 4.99 Å². The van der Waals surface area contributed by atoms with E-state index >= 15 is 0 Å². The summed E-state index contributed by atoms with van der Waals surface area (Å²) in [6, 6.07) is 1.85. The molecule has 1 aliphatic rings. The van der Waals surface area contributed by atoms with Gasteiger partial charge in [-0.1, -0.05) is 13.8 Å². The van der Waals surface area contributed by atoms with Gasteiger partial charge in [-0.3, -0.25) is 9.89 Å². The lowest BCUT2D eigenvalue weighted by Crippen LogP contribution is -2.49. The lowest BCUT2D eigenvalue weighted by atomic mass is 9.94. The van der Waals surface area contributed by atoms with E-state index in [-0.39, 0.29) is 6.61 Å². The molecular formula is C21H39N7O. The average molecular weight is 406 g/mol. The van der Waals surface area contributed by atoms with Gasteiger partial charge in [-0.2, -0.15) is 0 Å². The molecule has 1 aromatic heterocycles. The van der Waals surface area contributed by atoms with Crippen LogP contribution in [0, 0.1) is 11.8 Å². The fourth-order valence-electron chi connectivity index (χ4n) is 3.65. The van der Waals surface area contributed by atoms with Crippen molar-refractivity contribution in [3.8, 4) is 0 Å². The Morgan fingerprint density at radius 2 is 1.90 bits per heavy atom. The SMILES string of the molecule is CCNC(=NCC(CCO)CC(C)C)NCCN1CCN(c2ncccn2)CC1. The van der Waals surface area contributed by atoms with Crippen LogP contribution in [0.2, 0.25) is 0 Å². The minimum absolute atomic E-state index is 0.233. The van der Waals surface area contributed by atoms with Gasteiger partial charge >= 0.3 is 0 Å². The van der Waals surface area contributed by atoms with E-state index in [2.05, 4.69) is 51.2 Å². The number of rotatable bonds is 11. The number of aliphatic hydroxyl groups is 1. The van der Waals surface area contributed by atoms with Gasteiger partial charge in [0, 0.05) is 71.4 Å². The first kappa shape index (κ1) is 23.3. The summed E-state index contributed by atoms with van der Waals surface area (Å²) in [5.41, 5.74) is 0. The molecule has 1 atom stereocenters. The Labute approximate surface area is 175 Å². The fourth-order valence-corrected chi connectivity index (χ4v) is 3.65. The Hall–Kier alpha value is -1.93. The molecule has 0 aliphatic carbocycles. The highest BCUT2D eigenvalue weighted by Crippen LogP contribution is 2.15. The minimum atomic E-state index is 0.233. The topological polar surface area (TPSA) is 88.9 Å². The number of anilines is 1. The molecule has 0 aromatic carbocycles. The number of hydrogen-bond acceptors (Lipinski definition) is 6. The number of guanidine groups is 1. The molecule has 0 radical (unpaired) electrons. The standard InChI is InChI=1S/C21H39N7O/c1-4-22-20(26-17-19(6-15-29)16-18(2)3)23-9-10-27-11-13-28(14-12-27)21-24-7-5-8-25-21/h5,7-8,18-19,29H,4,6,9-17H2,1-3H3,(H2,22,23,26). The van der Waals surface area contributed by atoms with Crippen molar-refractivity contribution in [2.24, 2.45) is 16.8 Å². The molecule has 1 unspecified atom stereocenters. The monoisotopic (exact) mass is 405 g/mol. The zero-order chi connectivity index (χ0) is 20.9. The van der Waals surface area contributed by atoms with E-state index in [1.165, 1.54) is 0 Å². The van der Waals surface area contributed by atoms with Gasteiger partial charge in [-0.05, 0) is 37.7 Å². The molecule has 29 heavy (non-hydrogen) atoms. The van der Waals surface area contributed by atoms with Crippen LogP contribution in [0.3, 0.4) is 0 Å². The summed E-state index contributed by atoms with van der Waals surface area (Å²) in [5.74, 6) is 2.75. The van der Waals surface area contributed by atoms with Crippen LogP contribution in [0.15, 0.2) is 23.5 Å². The second-order valence-electron chi connectivity index (χ2n) is 8.03. The molecule has 8 nitrogen and oxygen atoms in total. The highest BCUT2D eigenvalue weighted by molar-refractivity contribution is 5.79. The summed E-state index contributed by atoms with van der Waals surface area (Å²) in [7, 11) is 0. The number of aliphatic hydroxyl groups excluding tert-OH is 1. The summed E-state index contributed by atoms with van der Waals surface area (Å²) < 4.78 is 0. The van der Waals surface area contributed by atoms with Crippen molar-refractivity contribution in [1.29, 1.82) is 0 Å². The van der Waals surface area contributed by atoms with Crippen molar-refractivity contribution in [2.45, 2.75) is 33.6 Å². The Bertz CT molecular complexity index is 574. The first-order valence-corrected chi connectivity index (χ1v) is 11.0. The van der Waals surface area contributed by atoms with Gasteiger partial charge in [-0.25, -0.2) is 9.97 Å². The Balaban J connectivity index is 1.73. The third-order valence-corrected chi connectivity index (χ3v) is 5.12. The molecule has 0 bridgehead atoms. The van der Waals surface area contributed by atoms with Crippen LogP contribution in [0.5, 0.6) is 0 Å². The van der Waals surface area contributed by atoms with E-state index < -0.39 is 0 Å². The van der Waals surface area contributed by atoms with Crippen LogP contribution in [0.4, 0.5) is 5.95 Å². The predicted octanol–water partition coefficient (Wildman–Crippen LogP) is 1.20. The smallest absolute Gasteiger partial charge is 0.225 e. The Morgan fingerprint density at radius 1 is 1.17 bits per heavy atom. The maximum atomic E-state index is 9.30. The third-order valence-electron chi connectivity index (χ3n) is 5.12. The summed E-state index contributed by atoms with van der Waals surface area (Å²) >= 11 is 0. The summed E-state index contributed by atoms with van der Waals surface area (Å²) in [6.07, 6.45) is 5.51. The maximum Gasteiger partial charge on any atom is 0.225 e. The van der Waals surface area contributed by atoms with Crippen LogP contribution in [-0.4, -0.2) is 84.9 Å². The molecule has 1 saturated heterocycles. The van der Waals surface area contributed by atoms with Crippen molar-refractivity contribution in [3.63, 3.8) is 0 Å². The van der Waals surface area contributed by atoms with E-state index in [1.54, 1.807) is 12.4 Å². The zero-order valence-electron chi connectivity index (χ0n) is 18.3. The van der Waals surface area contributed by atoms with Gasteiger partial charge < -0.3 is 20.6 Å². The first-order valence-electron chi connectivity index (χ1n) is 11.0. The molecule has 1 aromatic rings. The van der Waals surface area contributed by atoms with Crippen LogP contribution >= 0.6 is 0 Å². The molecule has 1 fully saturated rings. The van der Waals surface area contributed by atoms with E-state index in [1.807, 2.05) is 6.07 Å². The average Bonchev–Trinajstić information content (AvgIpc) is 2.73. The molecule has 8 heteroatoms. The molecule has 1 aliphatic heterocycles.